The SMILES string of the molecule is CCN(CC)C(=O)[C@@H]1CC(O)CN1. The van der Waals surface area contributed by atoms with E-state index in [4.69, 9.17) is 0 Å². The topological polar surface area (TPSA) is 52.6 Å². The van der Waals surface area contributed by atoms with Crippen LogP contribution in [0.25, 0.3) is 0 Å². The molecule has 1 aliphatic heterocycles. The molecular weight excluding hydrogens is 168 g/mol. The number of hydrogen-bond acceptors (Lipinski definition) is 3. The van der Waals surface area contributed by atoms with E-state index in [1.165, 1.54) is 0 Å². The van der Waals surface area contributed by atoms with E-state index >= 15 is 0 Å². The molecule has 1 unspecified atom stereocenters. The third-order valence-electron chi connectivity index (χ3n) is 2.48. The normalized spacial score (nSPS) is 27.6. The lowest BCUT2D eigenvalue weighted by Crippen LogP contribution is -2.43. The number of amides is 1. The van der Waals surface area contributed by atoms with Crippen LogP contribution < -0.4 is 5.32 Å². The van der Waals surface area contributed by atoms with Gasteiger partial charge in [-0.2, -0.15) is 0 Å². The maximum atomic E-state index is 11.7. The van der Waals surface area contributed by atoms with Gasteiger partial charge in [0.1, 0.15) is 0 Å². The second-order valence-electron chi connectivity index (χ2n) is 3.36. The first-order valence-corrected chi connectivity index (χ1v) is 4.89. The molecule has 0 radical (unpaired) electrons. The second kappa shape index (κ2) is 4.58. The van der Waals surface area contributed by atoms with E-state index < -0.39 is 0 Å². The maximum Gasteiger partial charge on any atom is 0.239 e. The fraction of sp³-hybridized carbons (Fsp3) is 0.889. The minimum Gasteiger partial charge on any atom is -0.392 e. The van der Waals surface area contributed by atoms with Gasteiger partial charge < -0.3 is 15.3 Å². The van der Waals surface area contributed by atoms with E-state index in [1.807, 2.05) is 13.8 Å². The smallest absolute Gasteiger partial charge is 0.239 e. The molecule has 1 heterocycles. The molecule has 1 fully saturated rings. The Morgan fingerprint density at radius 1 is 1.54 bits per heavy atom. The molecule has 4 nitrogen and oxygen atoms in total. The summed E-state index contributed by atoms with van der Waals surface area (Å²) in [5.74, 6) is 0.113. The van der Waals surface area contributed by atoms with E-state index in [2.05, 4.69) is 5.32 Å². The Morgan fingerprint density at radius 2 is 2.15 bits per heavy atom. The van der Waals surface area contributed by atoms with E-state index in [0.29, 0.717) is 13.0 Å². The van der Waals surface area contributed by atoms with Crippen molar-refractivity contribution in [3.63, 3.8) is 0 Å². The number of likely N-dealkylation sites (N-methyl/N-ethyl adjacent to an activating group) is 1. The molecule has 1 rings (SSSR count). The molecule has 2 N–H and O–H groups in total. The summed E-state index contributed by atoms with van der Waals surface area (Å²) in [6.45, 7) is 5.95. The van der Waals surface area contributed by atoms with Crippen molar-refractivity contribution in [1.82, 2.24) is 10.2 Å². The van der Waals surface area contributed by atoms with Gasteiger partial charge in [0.05, 0.1) is 12.1 Å². The fourth-order valence-corrected chi connectivity index (χ4v) is 1.66. The van der Waals surface area contributed by atoms with Crippen molar-refractivity contribution in [3.05, 3.63) is 0 Å². The zero-order valence-corrected chi connectivity index (χ0v) is 8.29. The van der Waals surface area contributed by atoms with Crippen LogP contribution in [-0.4, -0.2) is 47.7 Å². The van der Waals surface area contributed by atoms with Gasteiger partial charge in [0.2, 0.25) is 5.91 Å². The Bertz CT molecular complexity index is 180. The highest BCUT2D eigenvalue weighted by molar-refractivity contribution is 5.82. The van der Waals surface area contributed by atoms with Crippen LogP contribution in [0.1, 0.15) is 20.3 Å². The Balaban J connectivity index is 2.47. The predicted molar refractivity (Wildman–Crippen MR) is 50.3 cm³/mol. The molecular formula is C9H18N2O2. The van der Waals surface area contributed by atoms with E-state index in [9.17, 15) is 9.90 Å². The summed E-state index contributed by atoms with van der Waals surface area (Å²) in [5.41, 5.74) is 0. The third kappa shape index (κ3) is 2.42. The highest BCUT2D eigenvalue weighted by Crippen LogP contribution is 2.09. The predicted octanol–water partition coefficient (Wildman–Crippen LogP) is -0.422. The van der Waals surface area contributed by atoms with E-state index in [1.54, 1.807) is 4.90 Å². The molecule has 0 aromatic rings. The molecule has 1 amide bonds. The summed E-state index contributed by atoms with van der Waals surface area (Å²) in [4.78, 5) is 13.5. The number of aliphatic hydroxyl groups is 1. The first-order chi connectivity index (χ1) is 6.19. The van der Waals surface area contributed by atoms with Crippen molar-refractivity contribution in [1.29, 1.82) is 0 Å². The van der Waals surface area contributed by atoms with Gasteiger partial charge in [-0.05, 0) is 20.3 Å². The molecule has 0 spiro atoms. The number of aliphatic hydroxyl groups excluding tert-OH is 1. The maximum absolute atomic E-state index is 11.7. The lowest BCUT2D eigenvalue weighted by Gasteiger charge is -2.22. The molecule has 2 atom stereocenters. The summed E-state index contributed by atoms with van der Waals surface area (Å²) < 4.78 is 0. The number of carbonyl (C=O) groups is 1. The van der Waals surface area contributed by atoms with Crippen LogP contribution in [0.4, 0.5) is 0 Å². The minimum atomic E-state index is -0.357. The van der Waals surface area contributed by atoms with Crippen molar-refractivity contribution < 1.29 is 9.90 Å². The number of β-amino-alcohol motifs (C(OH)–C–C–N with tert-alkyl or cyclic N) is 1. The summed E-state index contributed by atoms with van der Waals surface area (Å²) in [7, 11) is 0. The van der Waals surface area contributed by atoms with Crippen molar-refractivity contribution in [3.8, 4) is 0 Å². The third-order valence-corrected chi connectivity index (χ3v) is 2.48. The molecule has 4 heteroatoms. The lowest BCUT2D eigenvalue weighted by atomic mass is 10.2. The highest BCUT2D eigenvalue weighted by Gasteiger charge is 2.30. The van der Waals surface area contributed by atoms with Crippen molar-refractivity contribution in [2.75, 3.05) is 19.6 Å². The van der Waals surface area contributed by atoms with Crippen LogP contribution in [0.15, 0.2) is 0 Å². The van der Waals surface area contributed by atoms with Gasteiger partial charge in [0.15, 0.2) is 0 Å². The summed E-state index contributed by atoms with van der Waals surface area (Å²) in [6.07, 6.45) is 0.194. The quantitative estimate of drug-likeness (QED) is 0.629. The number of carbonyl (C=O) groups excluding carboxylic acids is 1. The van der Waals surface area contributed by atoms with Gasteiger partial charge in [-0.1, -0.05) is 0 Å². The molecule has 0 aromatic carbocycles. The van der Waals surface area contributed by atoms with Crippen LogP contribution in [0.2, 0.25) is 0 Å². The largest absolute Gasteiger partial charge is 0.392 e. The Hall–Kier alpha value is -0.610. The summed E-state index contributed by atoms with van der Waals surface area (Å²) >= 11 is 0. The average molecular weight is 186 g/mol. The fourth-order valence-electron chi connectivity index (χ4n) is 1.66. The van der Waals surface area contributed by atoms with E-state index in [0.717, 1.165) is 13.1 Å². The van der Waals surface area contributed by atoms with E-state index in [-0.39, 0.29) is 18.1 Å². The first-order valence-electron chi connectivity index (χ1n) is 4.89. The van der Waals surface area contributed by atoms with Crippen molar-refractivity contribution >= 4 is 5.91 Å². The number of nitrogens with zero attached hydrogens (tertiary/aromatic N) is 1. The summed E-state index contributed by atoms with van der Waals surface area (Å²) in [6, 6.07) is -0.171. The first kappa shape index (κ1) is 10.5. The van der Waals surface area contributed by atoms with Crippen LogP contribution in [0, 0.1) is 0 Å². The second-order valence-corrected chi connectivity index (χ2v) is 3.36. The van der Waals surface area contributed by atoms with Gasteiger partial charge >= 0.3 is 0 Å². The molecule has 0 saturated carbocycles. The van der Waals surface area contributed by atoms with Crippen molar-refractivity contribution in [2.24, 2.45) is 0 Å². The van der Waals surface area contributed by atoms with Gasteiger partial charge in [-0.15, -0.1) is 0 Å². The van der Waals surface area contributed by atoms with Crippen LogP contribution in [0.5, 0.6) is 0 Å². The van der Waals surface area contributed by atoms with Crippen molar-refractivity contribution in [2.45, 2.75) is 32.4 Å². The molecule has 1 saturated heterocycles. The lowest BCUT2D eigenvalue weighted by molar-refractivity contribution is -0.132. The van der Waals surface area contributed by atoms with Crippen LogP contribution in [-0.2, 0) is 4.79 Å². The number of rotatable bonds is 3. The average Bonchev–Trinajstić information content (AvgIpc) is 2.54. The van der Waals surface area contributed by atoms with Crippen LogP contribution >= 0.6 is 0 Å². The highest BCUT2D eigenvalue weighted by atomic mass is 16.3. The standard InChI is InChI=1S/C9H18N2O2/c1-3-11(4-2)9(13)8-5-7(12)6-10-8/h7-8,10,12H,3-6H2,1-2H3/t7?,8-/m0/s1. The molecule has 0 aromatic heterocycles. The molecule has 0 aliphatic carbocycles. The molecule has 76 valence electrons. The number of hydrogen-bond donors (Lipinski definition) is 2. The Kier molecular flexibility index (Phi) is 3.69. The monoisotopic (exact) mass is 186 g/mol. The molecule has 1 aliphatic rings. The van der Waals surface area contributed by atoms with Crippen LogP contribution in [0.3, 0.4) is 0 Å². The summed E-state index contributed by atoms with van der Waals surface area (Å²) in [5, 5.41) is 12.3. The minimum absolute atomic E-state index is 0.113. The van der Waals surface area contributed by atoms with Gasteiger partial charge in [-0.25, -0.2) is 0 Å². The zero-order chi connectivity index (χ0) is 9.84. The zero-order valence-electron chi connectivity index (χ0n) is 8.29. The van der Waals surface area contributed by atoms with Gasteiger partial charge in [0, 0.05) is 19.6 Å². The Labute approximate surface area is 78.9 Å². The molecule has 0 bridgehead atoms. The Morgan fingerprint density at radius 3 is 2.54 bits per heavy atom. The van der Waals surface area contributed by atoms with Gasteiger partial charge in [0.25, 0.3) is 0 Å². The van der Waals surface area contributed by atoms with Gasteiger partial charge in [-0.3, -0.25) is 4.79 Å². The molecule has 13 heavy (non-hydrogen) atoms. The number of nitrogens with one attached hydrogen (secondary N) is 1.